The van der Waals surface area contributed by atoms with Gasteiger partial charge < -0.3 is 11.1 Å². The summed E-state index contributed by atoms with van der Waals surface area (Å²) < 4.78 is 13.3. The molecule has 0 saturated heterocycles. The van der Waals surface area contributed by atoms with Gasteiger partial charge in [-0.15, -0.1) is 0 Å². The maximum Gasteiger partial charge on any atom is 0.234 e. The van der Waals surface area contributed by atoms with E-state index in [0.717, 1.165) is 12.1 Å². The molecule has 5 heteroatoms. The molecule has 0 unspecified atom stereocenters. The van der Waals surface area contributed by atoms with E-state index < -0.39 is 5.82 Å². The Morgan fingerprint density at radius 3 is 2.72 bits per heavy atom. The highest BCUT2D eigenvalue weighted by Crippen LogP contribution is 2.13. The molecule has 1 aromatic carbocycles. The van der Waals surface area contributed by atoms with Crippen LogP contribution in [0.5, 0.6) is 0 Å². The van der Waals surface area contributed by atoms with Crippen LogP contribution in [0.3, 0.4) is 0 Å². The van der Waals surface area contributed by atoms with E-state index >= 15 is 0 Å². The number of carbonyl (C=O) groups is 1. The molecule has 18 heavy (non-hydrogen) atoms. The van der Waals surface area contributed by atoms with E-state index in [0.29, 0.717) is 19.6 Å². The topological polar surface area (TPSA) is 58.4 Å². The van der Waals surface area contributed by atoms with Gasteiger partial charge in [0.05, 0.1) is 12.2 Å². The molecular weight excluding hydrogens is 233 g/mol. The average Bonchev–Trinajstić information content (AvgIpc) is 2.33. The number of nitrogens with zero attached hydrogens (tertiary/aromatic N) is 1. The lowest BCUT2D eigenvalue weighted by Gasteiger charge is -2.19. The summed E-state index contributed by atoms with van der Waals surface area (Å²) in [5.41, 5.74) is 6.38. The molecule has 4 nitrogen and oxygen atoms in total. The first-order chi connectivity index (χ1) is 8.56. The number of benzene rings is 1. The third-order valence-corrected chi connectivity index (χ3v) is 2.66. The van der Waals surface area contributed by atoms with Gasteiger partial charge in [-0.05, 0) is 31.2 Å². The minimum absolute atomic E-state index is 0.0183. The highest BCUT2D eigenvalue weighted by Gasteiger charge is 2.09. The van der Waals surface area contributed by atoms with Gasteiger partial charge >= 0.3 is 0 Å². The molecule has 0 fully saturated rings. The summed E-state index contributed by atoms with van der Waals surface area (Å²) in [5, 5.41) is 2.74. The SMILES string of the molecule is CCNC(=O)CN(CC)Cc1ccc(N)c(F)c1. The smallest absolute Gasteiger partial charge is 0.234 e. The molecule has 0 aliphatic rings. The van der Waals surface area contributed by atoms with Gasteiger partial charge in [-0.2, -0.15) is 0 Å². The molecule has 100 valence electrons. The molecule has 1 rings (SSSR count). The minimum atomic E-state index is -0.415. The fourth-order valence-electron chi connectivity index (χ4n) is 1.66. The van der Waals surface area contributed by atoms with Gasteiger partial charge in [0, 0.05) is 13.1 Å². The largest absolute Gasteiger partial charge is 0.396 e. The highest BCUT2D eigenvalue weighted by molar-refractivity contribution is 5.77. The van der Waals surface area contributed by atoms with E-state index in [1.54, 1.807) is 12.1 Å². The molecule has 0 aliphatic heterocycles. The highest BCUT2D eigenvalue weighted by atomic mass is 19.1. The van der Waals surface area contributed by atoms with Gasteiger partial charge in [0.25, 0.3) is 0 Å². The number of carbonyl (C=O) groups excluding carboxylic acids is 1. The number of anilines is 1. The quantitative estimate of drug-likeness (QED) is 0.753. The van der Waals surface area contributed by atoms with Crippen molar-refractivity contribution in [2.75, 3.05) is 25.4 Å². The van der Waals surface area contributed by atoms with Crippen molar-refractivity contribution in [3.63, 3.8) is 0 Å². The number of likely N-dealkylation sites (N-methyl/N-ethyl adjacent to an activating group) is 2. The Morgan fingerprint density at radius 1 is 1.44 bits per heavy atom. The summed E-state index contributed by atoms with van der Waals surface area (Å²) in [6, 6.07) is 4.74. The molecule has 3 N–H and O–H groups in total. The Hall–Kier alpha value is -1.62. The summed E-state index contributed by atoms with van der Waals surface area (Å²) in [5.74, 6) is -0.433. The third kappa shape index (κ3) is 4.33. The van der Waals surface area contributed by atoms with Gasteiger partial charge in [-0.3, -0.25) is 9.69 Å². The average molecular weight is 253 g/mol. The molecular formula is C13H20FN3O. The van der Waals surface area contributed by atoms with Gasteiger partial charge in [-0.1, -0.05) is 13.0 Å². The van der Waals surface area contributed by atoms with E-state index in [4.69, 9.17) is 5.73 Å². The number of rotatable bonds is 6. The van der Waals surface area contributed by atoms with E-state index in [-0.39, 0.29) is 11.6 Å². The van der Waals surface area contributed by atoms with Crippen molar-refractivity contribution in [3.05, 3.63) is 29.6 Å². The fourth-order valence-corrected chi connectivity index (χ4v) is 1.66. The van der Waals surface area contributed by atoms with Gasteiger partial charge in [0.1, 0.15) is 5.82 Å². The first-order valence-corrected chi connectivity index (χ1v) is 6.09. The Kier molecular flexibility index (Phi) is 5.58. The lowest BCUT2D eigenvalue weighted by Crippen LogP contribution is -2.36. The number of nitrogens with one attached hydrogen (secondary N) is 1. The second-order valence-electron chi connectivity index (χ2n) is 4.11. The minimum Gasteiger partial charge on any atom is -0.396 e. The summed E-state index contributed by atoms with van der Waals surface area (Å²) in [7, 11) is 0. The van der Waals surface area contributed by atoms with Crippen LogP contribution in [0.1, 0.15) is 19.4 Å². The van der Waals surface area contributed by atoms with Crippen LogP contribution in [0, 0.1) is 5.82 Å². The van der Waals surface area contributed by atoms with E-state index in [1.165, 1.54) is 6.07 Å². The van der Waals surface area contributed by atoms with E-state index in [2.05, 4.69) is 5.32 Å². The molecule has 0 aromatic heterocycles. The van der Waals surface area contributed by atoms with Crippen LogP contribution in [-0.4, -0.2) is 30.4 Å². The summed E-state index contributed by atoms with van der Waals surface area (Å²) in [4.78, 5) is 13.4. The van der Waals surface area contributed by atoms with E-state index in [1.807, 2.05) is 18.7 Å². The number of halogens is 1. The van der Waals surface area contributed by atoms with Crippen molar-refractivity contribution in [3.8, 4) is 0 Å². The molecule has 0 atom stereocenters. The zero-order chi connectivity index (χ0) is 13.5. The van der Waals surface area contributed by atoms with Crippen LogP contribution in [0.15, 0.2) is 18.2 Å². The van der Waals surface area contributed by atoms with Crippen LogP contribution < -0.4 is 11.1 Å². The standard InChI is InChI=1S/C13H20FN3O/c1-3-16-13(18)9-17(4-2)8-10-5-6-12(15)11(14)7-10/h5-7H,3-4,8-9,15H2,1-2H3,(H,16,18). The molecule has 0 bridgehead atoms. The van der Waals surface area contributed by atoms with Gasteiger partial charge in [0.2, 0.25) is 5.91 Å². The van der Waals surface area contributed by atoms with Crippen LogP contribution in [-0.2, 0) is 11.3 Å². The second kappa shape index (κ2) is 6.96. The van der Waals surface area contributed by atoms with Crippen molar-refractivity contribution >= 4 is 11.6 Å². The molecule has 1 amide bonds. The van der Waals surface area contributed by atoms with Crippen molar-refractivity contribution in [2.45, 2.75) is 20.4 Å². The number of hydrogen-bond donors (Lipinski definition) is 2. The lowest BCUT2D eigenvalue weighted by atomic mass is 10.2. The second-order valence-corrected chi connectivity index (χ2v) is 4.11. The fraction of sp³-hybridized carbons (Fsp3) is 0.462. The molecule has 0 spiro atoms. The van der Waals surface area contributed by atoms with Crippen molar-refractivity contribution in [2.24, 2.45) is 0 Å². The molecule has 1 aromatic rings. The van der Waals surface area contributed by atoms with Crippen LogP contribution in [0.2, 0.25) is 0 Å². The zero-order valence-electron chi connectivity index (χ0n) is 10.9. The molecule has 0 heterocycles. The Balaban J connectivity index is 2.62. The van der Waals surface area contributed by atoms with Crippen molar-refractivity contribution in [1.82, 2.24) is 10.2 Å². The first kappa shape index (κ1) is 14.4. The van der Waals surface area contributed by atoms with Crippen molar-refractivity contribution < 1.29 is 9.18 Å². The van der Waals surface area contributed by atoms with Gasteiger partial charge in [-0.25, -0.2) is 4.39 Å². The lowest BCUT2D eigenvalue weighted by molar-refractivity contribution is -0.122. The van der Waals surface area contributed by atoms with E-state index in [9.17, 15) is 9.18 Å². The normalized spacial score (nSPS) is 10.7. The zero-order valence-corrected chi connectivity index (χ0v) is 10.9. The Bertz CT molecular complexity index is 409. The molecule has 0 aliphatic carbocycles. The summed E-state index contributed by atoms with van der Waals surface area (Å²) in [6.45, 7) is 6.04. The maximum absolute atomic E-state index is 13.3. The Morgan fingerprint density at radius 2 is 2.17 bits per heavy atom. The number of amides is 1. The molecule has 0 radical (unpaired) electrons. The van der Waals surface area contributed by atoms with Crippen molar-refractivity contribution in [1.29, 1.82) is 0 Å². The first-order valence-electron chi connectivity index (χ1n) is 6.09. The number of hydrogen-bond acceptors (Lipinski definition) is 3. The Labute approximate surface area is 107 Å². The number of nitrogen functional groups attached to an aromatic ring is 1. The van der Waals surface area contributed by atoms with Crippen LogP contribution in [0.4, 0.5) is 10.1 Å². The third-order valence-electron chi connectivity index (χ3n) is 2.66. The maximum atomic E-state index is 13.3. The van der Waals surface area contributed by atoms with Gasteiger partial charge in [0.15, 0.2) is 0 Å². The predicted molar refractivity (Wildman–Crippen MR) is 70.4 cm³/mol. The van der Waals surface area contributed by atoms with Crippen LogP contribution >= 0.6 is 0 Å². The predicted octanol–water partition coefficient (Wildman–Crippen LogP) is 1.37. The number of nitrogens with two attached hydrogens (primary N) is 1. The van der Waals surface area contributed by atoms with Crippen LogP contribution in [0.25, 0.3) is 0 Å². The monoisotopic (exact) mass is 253 g/mol. The summed E-state index contributed by atoms with van der Waals surface area (Å²) >= 11 is 0. The molecule has 0 saturated carbocycles. The summed E-state index contributed by atoms with van der Waals surface area (Å²) in [6.07, 6.45) is 0.